The van der Waals surface area contributed by atoms with Gasteiger partial charge in [-0.25, -0.2) is 9.37 Å². The number of aromatic amines is 1. The smallest absolute Gasteiger partial charge is 0.252 e. The van der Waals surface area contributed by atoms with Crippen molar-refractivity contribution < 1.29 is 9.18 Å². The number of fused-ring (bicyclic) bond motifs is 1. The number of benzene rings is 2. The van der Waals surface area contributed by atoms with Gasteiger partial charge in [-0.2, -0.15) is 0 Å². The fourth-order valence-electron chi connectivity index (χ4n) is 2.19. The number of H-pyrrole nitrogens is 1. The van der Waals surface area contributed by atoms with Gasteiger partial charge >= 0.3 is 0 Å². The Bertz CT molecular complexity index is 831. The van der Waals surface area contributed by atoms with E-state index in [4.69, 9.17) is 0 Å². The normalized spacial score (nSPS) is 10.8. The summed E-state index contributed by atoms with van der Waals surface area (Å²) in [4.78, 5) is 19.5. The highest BCUT2D eigenvalue weighted by Gasteiger charge is 2.09. The molecule has 2 aromatic carbocycles. The summed E-state index contributed by atoms with van der Waals surface area (Å²) >= 11 is 3.35. The van der Waals surface area contributed by atoms with Crippen molar-refractivity contribution in [2.75, 3.05) is 6.54 Å². The van der Waals surface area contributed by atoms with E-state index < -0.39 is 0 Å². The van der Waals surface area contributed by atoms with E-state index in [0.717, 1.165) is 4.47 Å². The molecule has 3 aromatic rings. The Morgan fingerprint density at radius 2 is 2.09 bits per heavy atom. The molecule has 0 bridgehead atoms. The molecule has 3 rings (SSSR count). The highest BCUT2D eigenvalue weighted by atomic mass is 79.9. The van der Waals surface area contributed by atoms with Crippen molar-refractivity contribution in [1.29, 1.82) is 0 Å². The van der Waals surface area contributed by atoms with Crippen LogP contribution in [0.2, 0.25) is 0 Å². The summed E-state index contributed by atoms with van der Waals surface area (Å²) < 4.78 is 13.9. The summed E-state index contributed by atoms with van der Waals surface area (Å²) in [7, 11) is 0. The van der Waals surface area contributed by atoms with Crippen LogP contribution in [-0.4, -0.2) is 22.4 Å². The van der Waals surface area contributed by atoms with E-state index in [1.165, 1.54) is 12.1 Å². The number of imidazole rings is 1. The molecule has 2 N–H and O–H groups in total. The fraction of sp³-hybridized carbons (Fsp3) is 0.125. The Labute approximate surface area is 134 Å². The maximum Gasteiger partial charge on any atom is 0.252 e. The van der Waals surface area contributed by atoms with E-state index in [2.05, 4.69) is 31.2 Å². The van der Waals surface area contributed by atoms with Crippen molar-refractivity contribution in [1.82, 2.24) is 15.3 Å². The molecule has 0 saturated carbocycles. The van der Waals surface area contributed by atoms with E-state index in [9.17, 15) is 9.18 Å². The molecular weight excluding hydrogens is 349 g/mol. The van der Waals surface area contributed by atoms with Crippen molar-refractivity contribution in [3.63, 3.8) is 0 Å². The molecule has 6 heteroatoms. The Morgan fingerprint density at radius 3 is 2.91 bits per heavy atom. The number of hydrogen-bond donors (Lipinski definition) is 2. The number of amides is 1. The third-order valence-electron chi connectivity index (χ3n) is 3.26. The van der Waals surface area contributed by atoms with Gasteiger partial charge in [0.15, 0.2) is 0 Å². The highest BCUT2D eigenvalue weighted by Crippen LogP contribution is 2.16. The first-order valence-corrected chi connectivity index (χ1v) is 7.59. The zero-order valence-corrected chi connectivity index (χ0v) is 13.2. The molecule has 0 radical (unpaired) electrons. The first kappa shape index (κ1) is 14.7. The van der Waals surface area contributed by atoms with Crippen LogP contribution in [0.4, 0.5) is 4.39 Å². The lowest BCUT2D eigenvalue weighted by molar-refractivity contribution is 0.0953. The van der Waals surface area contributed by atoms with Gasteiger partial charge in [-0.1, -0.05) is 12.1 Å². The van der Waals surface area contributed by atoms with Gasteiger partial charge in [0.2, 0.25) is 0 Å². The Kier molecular flexibility index (Phi) is 4.20. The first-order valence-electron chi connectivity index (χ1n) is 6.80. The van der Waals surface area contributed by atoms with Crippen LogP contribution in [0.15, 0.2) is 46.9 Å². The average Bonchev–Trinajstić information content (AvgIpc) is 2.89. The molecule has 0 saturated heterocycles. The van der Waals surface area contributed by atoms with Crippen LogP contribution in [-0.2, 0) is 6.42 Å². The maximum absolute atomic E-state index is 13.1. The van der Waals surface area contributed by atoms with Crippen LogP contribution >= 0.6 is 15.9 Å². The molecule has 0 atom stereocenters. The van der Waals surface area contributed by atoms with Gasteiger partial charge in [0, 0.05) is 17.4 Å². The third kappa shape index (κ3) is 3.17. The quantitative estimate of drug-likeness (QED) is 0.747. The molecule has 1 heterocycles. The lowest BCUT2D eigenvalue weighted by Crippen LogP contribution is -2.26. The predicted octanol–water partition coefficient (Wildman–Crippen LogP) is 3.44. The SMILES string of the molecule is O=C(NCCc1nc2ccc(F)cc2[nH]1)c1ccccc1Br. The van der Waals surface area contributed by atoms with Gasteiger partial charge in [-0.05, 0) is 46.3 Å². The molecule has 1 amide bonds. The number of rotatable bonds is 4. The van der Waals surface area contributed by atoms with Gasteiger partial charge in [0.05, 0.1) is 16.6 Å². The maximum atomic E-state index is 13.1. The molecule has 22 heavy (non-hydrogen) atoms. The largest absolute Gasteiger partial charge is 0.352 e. The Hall–Kier alpha value is -2.21. The highest BCUT2D eigenvalue weighted by molar-refractivity contribution is 9.10. The van der Waals surface area contributed by atoms with E-state index in [1.54, 1.807) is 12.1 Å². The predicted molar refractivity (Wildman–Crippen MR) is 86.2 cm³/mol. The van der Waals surface area contributed by atoms with Crippen molar-refractivity contribution in [2.24, 2.45) is 0 Å². The minimum atomic E-state index is -0.301. The van der Waals surface area contributed by atoms with Gasteiger partial charge in [0.25, 0.3) is 5.91 Å². The molecule has 1 aromatic heterocycles. The number of carbonyl (C=O) groups is 1. The Morgan fingerprint density at radius 1 is 1.27 bits per heavy atom. The number of aromatic nitrogens is 2. The molecule has 112 valence electrons. The zero-order valence-electron chi connectivity index (χ0n) is 11.6. The van der Waals surface area contributed by atoms with E-state index in [-0.39, 0.29) is 11.7 Å². The number of nitrogens with zero attached hydrogens (tertiary/aromatic N) is 1. The van der Waals surface area contributed by atoms with Crippen LogP contribution in [0.25, 0.3) is 11.0 Å². The van der Waals surface area contributed by atoms with Crippen molar-refractivity contribution in [3.05, 3.63) is 64.1 Å². The molecule has 0 aliphatic heterocycles. The van der Waals surface area contributed by atoms with Crippen LogP contribution in [0.3, 0.4) is 0 Å². The number of carbonyl (C=O) groups excluding carboxylic acids is 1. The number of hydrogen-bond acceptors (Lipinski definition) is 2. The van der Waals surface area contributed by atoms with E-state index in [1.807, 2.05) is 18.2 Å². The molecule has 0 aliphatic rings. The summed E-state index contributed by atoms with van der Waals surface area (Å²) in [6.07, 6.45) is 0.548. The van der Waals surface area contributed by atoms with E-state index in [0.29, 0.717) is 35.4 Å². The van der Waals surface area contributed by atoms with E-state index >= 15 is 0 Å². The second-order valence-corrected chi connectivity index (χ2v) is 5.69. The van der Waals surface area contributed by atoms with Crippen molar-refractivity contribution in [3.8, 4) is 0 Å². The lowest BCUT2D eigenvalue weighted by Gasteiger charge is -2.05. The Balaban J connectivity index is 1.62. The van der Waals surface area contributed by atoms with Crippen LogP contribution < -0.4 is 5.32 Å². The molecule has 0 aliphatic carbocycles. The molecule has 0 spiro atoms. The van der Waals surface area contributed by atoms with Crippen LogP contribution in [0.1, 0.15) is 16.2 Å². The average molecular weight is 362 g/mol. The van der Waals surface area contributed by atoms with Crippen LogP contribution in [0.5, 0.6) is 0 Å². The zero-order chi connectivity index (χ0) is 15.5. The second kappa shape index (κ2) is 6.27. The first-order chi connectivity index (χ1) is 10.6. The third-order valence-corrected chi connectivity index (χ3v) is 3.95. The minimum Gasteiger partial charge on any atom is -0.352 e. The summed E-state index contributed by atoms with van der Waals surface area (Å²) in [5.74, 6) is 0.271. The number of halogens is 2. The van der Waals surface area contributed by atoms with Gasteiger partial charge in [-0.3, -0.25) is 4.79 Å². The monoisotopic (exact) mass is 361 g/mol. The van der Waals surface area contributed by atoms with Crippen LogP contribution in [0, 0.1) is 5.82 Å². The van der Waals surface area contributed by atoms with Gasteiger partial charge in [-0.15, -0.1) is 0 Å². The molecule has 0 unspecified atom stereocenters. The summed E-state index contributed by atoms with van der Waals surface area (Å²) in [6, 6.07) is 11.7. The molecule has 0 fully saturated rings. The molecular formula is C16H13BrFN3O. The van der Waals surface area contributed by atoms with Gasteiger partial charge < -0.3 is 10.3 Å². The molecule has 4 nitrogen and oxygen atoms in total. The fourth-order valence-corrected chi connectivity index (χ4v) is 2.65. The lowest BCUT2D eigenvalue weighted by atomic mass is 10.2. The summed E-state index contributed by atoms with van der Waals surface area (Å²) in [6.45, 7) is 0.447. The van der Waals surface area contributed by atoms with Crippen molar-refractivity contribution in [2.45, 2.75) is 6.42 Å². The summed E-state index contributed by atoms with van der Waals surface area (Å²) in [5, 5.41) is 2.84. The standard InChI is InChI=1S/C16H13BrFN3O/c17-12-4-2-1-3-11(12)16(22)19-8-7-15-20-13-6-5-10(18)9-14(13)21-15/h1-6,9H,7-8H2,(H,19,22)(H,20,21). The van der Waals surface area contributed by atoms with Gasteiger partial charge in [0.1, 0.15) is 11.6 Å². The minimum absolute atomic E-state index is 0.144. The summed E-state index contributed by atoms with van der Waals surface area (Å²) in [5.41, 5.74) is 1.97. The number of nitrogens with one attached hydrogen (secondary N) is 2. The second-order valence-electron chi connectivity index (χ2n) is 4.83. The van der Waals surface area contributed by atoms with Crippen molar-refractivity contribution >= 4 is 32.9 Å². The topological polar surface area (TPSA) is 57.8 Å².